The Morgan fingerprint density at radius 1 is 1.53 bits per heavy atom. The number of rotatable bonds is 2. The molecule has 0 aliphatic rings. The Morgan fingerprint density at radius 2 is 2.20 bits per heavy atom. The van der Waals surface area contributed by atoms with E-state index in [1.807, 2.05) is 0 Å². The van der Waals surface area contributed by atoms with Crippen LogP contribution in [0.4, 0.5) is 13.2 Å². The lowest BCUT2D eigenvalue weighted by Crippen LogP contribution is -2.19. The fourth-order valence-electron chi connectivity index (χ4n) is 0.905. The van der Waals surface area contributed by atoms with E-state index in [0.717, 1.165) is 6.20 Å². The summed E-state index contributed by atoms with van der Waals surface area (Å²) in [6.07, 6.45) is -3.79. The van der Waals surface area contributed by atoms with Crippen LogP contribution in [0.15, 0.2) is 12.3 Å². The molecule has 0 atom stereocenters. The van der Waals surface area contributed by atoms with Gasteiger partial charge in [-0.05, 0) is 6.07 Å². The molecule has 0 spiro atoms. The van der Waals surface area contributed by atoms with Gasteiger partial charge in [0, 0.05) is 11.8 Å². The molecule has 3 nitrogen and oxygen atoms in total. The van der Waals surface area contributed by atoms with Gasteiger partial charge in [0.2, 0.25) is 5.88 Å². The SMILES string of the molecule is N#Cc1ccnc(OC(F)(F)F)c1CCl. The van der Waals surface area contributed by atoms with Crippen molar-refractivity contribution in [1.29, 1.82) is 5.26 Å². The van der Waals surface area contributed by atoms with Gasteiger partial charge < -0.3 is 4.74 Å². The molecule has 0 unspecified atom stereocenters. The molecule has 0 saturated carbocycles. The first kappa shape index (κ1) is 11.6. The Morgan fingerprint density at radius 3 is 2.67 bits per heavy atom. The van der Waals surface area contributed by atoms with Crippen LogP contribution < -0.4 is 4.74 Å². The van der Waals surface area contributed by atoms with Crippen molar-refractivity contribution in [3.63, 3.8) is 0 Å². The summed E-state index contributed by atoms with van der Waals surface area (Å²) in [5.41, 5.74) is -0.0572. The van der Waals surface area contributed by atoms with E-state index >= 15 is 0 Å². The minimum absolute atomic E-state index is 0.0132. The van der Waals surface area contributed by atoms with Crippen LogP contribution in [0.2, 0.25) is 0 Å². The van der Waals surface area contributed by atoms with Gasteiger partial charge in [0.05, 0.1) is 17.5 Å². The number of hydrogen-bond donors (Lipinski definition) is 0. The van der Waals surface area contributed by atoms with Crippen LogP contribution >= 0.6 is 11.6 Å². The summed E-state index contributed by atoms with van der Waals surface area (Å²) in [6, 6.07) is 2.97. The highest BCUT2D eigenvalue weighted by Gasteiger charge is 2.33. The monoisotopic (exact) mass is 236 g/mol. The molecule has 80 valence electrons. The quantitative estimate of drug-likeness (QED) is 0.742. The zero-order valence-corrected chi connectivity index (χ0v) is 7.93. The molecule has 1 rings (SSSR count). The summed E-state index contributed by atoms with van der Waals surface area (Å²) >= 11 is 5.41. The van der Waals surface area contributed by atoms with Crippen molar-refractivity contribution in [3.8, 4) is 11.9 Å². The van der Waals surface area contributed by atoms with Crippen LogP contribution in [0.25, 0.3) is 0 Å². The number of pyridine rings is 1. The molecule has 7 heteroatoms. The average Bonchev–Trinajstić information content (AvgIpc) is 2.15. The Balaban J connectivity index is 3.14. The number of aromatic nitrogens is 1. The number of nitriles is 1. The van der Waals surface area contributed by atoms with E-state index in [1.165, 1.54) is 6.07 Å². The second-order valence-corrected chi connectivity index (χ2v) is 2.70. The van der Waals surface area contributed by atoms with Gasteiger partial charge in [-0.25, -0.2) is 4.98 Å². The molecule has 0 saturated heterocycles. The summed E-state index contributed by atoms with van der Waals surface area (Å²) < 4.78 is 39.3. The minimum Gasteiger partial charge on any atom is -0.387 e. The first-order valence-corrected chi connectivity index (χ1v) is 4.21. The number of halogens is 4. The van der Waals surface area contributed by atoms with Crippen LogP contribution in [0, 0.1) is 11.3 Å². The summed E-state index contributed by atoms with van der Waals surface area (Å²) in [5.74, 6) is -0.959. The molecule has 0 fully saturated rings. The van der Waals surface area contributed by atoms with Crippen molar-refractivity contribution in [1.82, 2.24) is 4.98 Å². The van der Waals surface area contributed by atoms with Gasteiger partial charge in [-0.15, -0.1) is 24.8 Å². The second-order valence-electron chi connectivity index (χ2n) is 2.44. The molecule has 15 heavy (non-hydrogen) atoms. The fraction of sp³-hybridized carbons (Fsp3) is 0.250. The third-order valence-corrected chi connectivity index (χ3v) is 1.75. The lowest BCUT2D eigenvalue weighted by atomic mass is 10.2. The molecular weight excluding hydrogens is 233 g/mol. The summed E-state index contributed by atoms with van der Waals surface area (Å²) in [5, 5.41) is 8.60. The smallest absolute Gasteiger partial charge is 0.387 e. The number of nitrogens with zero attached hydrogens (tertiary/aromatic N) is 2. The molecule has 0 aromatic carbocycles. The van der Waals surface area contributed by atoms with Crippen LogP contribution in [-0.2, 0) is 5.88 Å². The number of hydrogen-bond acceptors (Lipinski definition) is 3. The third-order valence-electron chi connectivity index (χ3n) is 1.48. The van der Waals surface area contributed by atoms with Crippen molar-refractivity contribution in [2.75, 3.05) is 0 Å². The molecule has 0 N–H and O–H groups in total. The van der Waals surface area contributed by atoms with Crippen LogP contribution in [0.1, 0.15) is 11.1 Å². The average molecular weight is 237 g/mol. The molecule has 1 aromatic rings. The first-order chi connectivity index (χ1) is 6.98. The molecule has 0 bridgehead atoms. The third kappa shape index (κ3) is 2.99. The van der Waals surface area contributed by atoms with Gasteiger partial charge in [0.15, 0.2) is 0 Å². The summed E-state index contributed by atoms with van der Waals surface area (Å²) in [6.45, 7) is 0. The first-order valence-electron chi connectivity index (χ1n) is 3.67. The van der Waals surface area contributed by atoms with Gasteiger partial charge in [-0.3, -0.25) is 0 Å². The number of alkyl halides is 4. The van der Waals surface area contributed by atoms with Gasteiger partial charge in [-0.2, -0.15) is 5.26 Å². The van der Waals surface area contributed by atoms with E-state index in [-0.39, 0.29) is 17.0 Å². The maximum absolute atomic E-state index is 11.9. The predicted molar refractivity (Wildman–Crippen MR) is 45.2 cm³/mol. The fourth-order valence-corrected chi connectivity index (χ4v) is 1.16. The molecule has 0 aliphatic heterocycles. The molecule has 0 amide bonds. The Hall–Kier alpha value is -1.48. The molecule has 1 aromatic heterocycles. The number of ether oxygens (including phenoxy) is 1. The topological polar surface area (TPSA) is 45.9 Å². The highest BCUT2D eigenvalue weighted by molar-refractivity contribution is 6.17. The van der Waals surface area contributed by atoms with Crippen molar-refractivity contribution in [2.45, 2.75) is 12.2 Å². The van der Waals surface area contributed by atoms with Gasteiger partial charge in [0.25, 0.3) is 0 Å². The second kappa shape index (κ2) is 4.36. The summed E-state index contributed by atoms with van der Waals surface area (Å²) in [7, 11) is 0. The van der Waals surface area contributed by atoms with Gasteiger partial charge in [0.1, 0.15) is 0 Å². The molecule has 1 heterocycles. The molecular formula is C8H4ClF3N2O. The Kier molecular flexibility index (Phi) is 3.37. The van der Waals surface area contributed by atoms with E-state index in [4.69, 9.17) is 16.9 Å². The van der Waals surface area contributed by atoms with E-state index < -0.39 is 12.2 Å². The van der Waals surface area contributed by atoms with E-state index in [2.05, 4.69) is 9.72 Å². The van der Waals surface area contributed by atoms with E-state index in [1.54, 1.807) is 6.07 Å². The van der Waals surface area contributed by atoms with Gasteiger partial charge >= 0.3 is 6.36 Å². The van der Waals surface area contributed by atoms with Crippen LogP contribution in [0.3, 0.4) is 0 Å². The van der Waals surface area contributed by atoms with E-state index in [9.17, 15) is 13.2 Å². The Bertz CT molecular complexity index is 400. The van der Waals surface area contributed by atoms with Gasteiger partial charge in [-0.1, -0.05) is 0 Å². The van der Waals surface area contributed by atoms with Crippen molar-refractivity contribution < 1.29 is 17.9 Å². The van der Waals surface area contributed by atoms with E-state index in [0.29, 0.717) is 0 Å². The zero-order chi connectivity index (χ0) is 11.5. The van der Waals surface area contributed by atoms with Crippen molar-refractivity contribution in [2.24, 2.45) is 0 Å². The lowest BCUT2D eigenvalue weighted by Gasteiger charge is -2.11. The highest BCUT2D eigenvalue weighted by atomic mass is 35.5. The van der Waals surface area contributed by atoms with Crippen molar-refractivity contribution >= 4 is 11.6 Å². The van der Waals surface area contributed by atoms with Crippen LogP contribution in [0.5, 0.6) is 5.88 Å². The van der Waals surface area contributed by atoms with Crippen LogP contribution in [-0.4, -0.2) is 11.3 Å². The normalized spacial score (nSPS) is 10.9. The molecule has 0 aliphatic carbocycles. The lowest BCUT2D eigenvalue weighted by molar-refractivity contribution is -0.276. The maximum Gasteiger partial charge on any atom is 0.574 e. The zero-order valence-electron chi connectivity index (χ0n) is 7.18. The standard InChI is InChI=1S/C8H4ClF3N2O/c9-3-6-5(4-13)1-2-14-7(6)15-8(10,11)12/h1-2H,3H2. The summed E-state index contributed by atoms with van der Waals surface area (Å²) in [4.78, 5) is 3.37. The minimum atomic E-state index is -4.85. The highest BCUT2D eigenvalue weighted by Crippen LogP contribution is 2.27. The Labute approximate surface area is 88.1 Å². The maximum atomic E-state index is 11.9. The van der Waals surface area contributed by atoms with Crippen molar-refractivity contribution in [3.05, 3.63) is 23.4 Å². The molecule has 0 radical (unpaired) electrons. The largest absolute Gasteiger partial charge is 0.574 e. The predicted octanol–water partition coefficient (Wildman–Crippen LogP) is 2.59.